The molecule has 3 unspecified atom stereocenters. The van der Waals surface area contributed by atoms with E-state index in [-0.39, 0.29) is 6.10 Å². The van der Waals surface area contributed by atoms with Crippen LogP contribution in [0, 0.1) is 17.8 Å². The van der Waals surface area contributed by atoms with Crippen molar-refractivity contribution in [1.29, 1.82) is 0 Å². The van der Waals surface area contributed by atoms with Gasteiger partial charge in [0.15, 0.2) is 0 Å². The molecule has 4 rings (SSSR count). The first-order chi connectivity index (χ1) is 9.83. The van der Waals surface area contributed by atoms with Crippen molar-refractivity contribution in [1.82, 2.24) is 4.98 Å². The van der Waals surface area contributed by atoms with Crippen LogP contribution in [-0.2, 0) is 6.42 Å². The number of fused-ring (bicyclic) bond motifs is 2. The lowest BCUT2D eigenvalue weighted by molar-refractivity contribution is 0.139. The number of pyridine rings is 1. The summed E-state index contributed by atoms with van der Waals surface area (Å²) in [4.78, 5) is 4.68. The summed E-state index contributed by atoms with van der Waals surface area (Å²) >= 11 is 0. The van der Waals surface area contributed by atoms with E-state index < -0.39 is 0 Å². The second-order valence-corrected chi connectivity index (χ2v) is 6.46. The maximum atomic E-state index is 10.5. The first-order valence-corrected chi connectivity index (χ1v) is 7.86. The summed E-state index contributed by atoms with van der Waals surface area (Å²) in [5, 5.41) is 11.7. The lowest BCUT2D eigenvalue weighted by atomic mass is 10.0. The number of aliphatic hydroxyl groups is 1. The number of hydrogen-bond donors (Lipinski definition) is 1. The molecule has 0 amide bonds. The minimum absolute atomic E-state index is 0.197. The van der Waals surface area contributed by atoms with Gasteiger partial charge in [-0.2, -0.15) is 0 Å². The number of para-hydroxylation sites is 1. The Morgan fingerprint density at radius 2 is 1.80 bits per heavy atom. The van der Waals surface area contributed by atoms with Gasteiger partial charge in [0.25, 0.3) is 0 Å². The predicted molar refractivity (Wildman–Crippen MR) is 80.4 cm³/mol. The molecule has 2 aliphatic carbocycles. The van der Waals surface area contributed by atoms with Crippen LogP contribution in [0.15, 0.2) is 36.4 Å². The van der Waals surface area contributed by atoms with E-state index in [1.165, 1.54) is 31.1 Å². The van der Waals surface area contributed by atoms with Crippen LogP contribution in [0.5, 0.6) is 0 Å². The van der Waals surface area contributed by atoms with Crippen molar-refractivity contribution in [2.45, 2.75) is 38.2 Å². The Morgan fingerprint density at radius 1 is 1.05 bits per heavy atom. The summed E-state index contributed by atoms with van der Waals surface area (Å²) in [5.74, 6) is 2.16. The highest BCUT2D eigenvalue weighted by molar-refractivity contribution is 5.78. The third kappa shape index (κ3) is 2.12. The third-order valence-corrected chi connectivity index (χ3v) is 5.24. The number of aromatic nitrogens is 1. The van der Waals surface area contributed by atoms with Crippen molar-refractivity contribution in [3.63, 3.8) is 0 Å². The van der Waals surface area contributed by atoms with E-state index in [4.69, 9.17) is 0 Å². The van der Waals surface area contributed by atoms with Crippen molar-refractivity contribution < 1.29 is 5.11 Å². The van der Waals surface area contributed by atoms with Crippen LogP contribution in [0.2, 0.25) is 0 Å². The van der Waals surface area contributed by atoms with Gasteiger partial charge >= 0.3 is 0 Å². The summed E-state index contributed by atoms with van der Waals surface area (Å²) in [7, 11) is 0. The van der Waals surface area contributed by atoms with E-state index >= 15 is 0 Å². The van der Waals surface area contributed by atoms with Gasteiger partial charge in [-0.25, -0.2) is 0 Å². The van der Waals surface area contributed by atoms with E-state index in [9.17, 15) is 5.11 Å². The van der Waals surface area contributed by atoms with Gasteiger partial charge in [0.2, 0.25) is 0 Å². The molecule has 2 saturated carbocycles. The van der Waals surface area contributed by atoms with E-state index in [0.717, 1.165) is 23.0 Å². The fraction of sp³-hybridized carbons (Fsp3) is 0.500. The predicted octanol–water partition coefficient (Wildman–Crippen LogP) is 3.57. The van der Waals surface area contributed by atoms with Crippen LogP contribution in [0.1, 0.15) is 31.4 Å². The van der Waals surface area contributed by atoms with Gasteiger partial charge < -0.3 is 5.11 Å². The van der Waals surface area contributed by atoms with Crippen molar-refractivity contribution in [2.75, 3.05) is 0 Å². The number of aliphatic hydroxyl groups excluding tert-OH is 1. The number of rotatable bonds is 3. The molecule has 0 spiro atoms. The SMILES string of the molecule is OC(Cc1ccc2ccccc2n1)C1C2CCCCC21. The zero-order chi connectivity index (χ0) is 13.5. The quantitative estimate of drug-likeness (QED) is 0.922. The van der Waals surface area contributed by atoms with Gasteiger partial charge in [0.1, 0.15) is 0 Å². The Bertz CT molecular complexity index is 612. The van der Waals surface area contributed by atoms with Crippen LogP contribution in [0.3, 0.4) is 0 Å². The average Bonchev–Trinajstić information content (AvgIpc) is 3.21. The first-order valence-electron chi connectivity index (χ1n) is 7.86. The molecule has 1 heterocycles. The van der Waals surface area contributed by atoms with Crippen molar-refractivity contribution >= 4 is 10.9 Å². The molecular weight excluding hydrogens is 246 g/mol. The number of nitrogens with zero attached hydrogens (tertiary/aromatic N) is 1. The Kier molecular flexibility index (Phi) is 2.99. The zero-order valence-corrected chi connectivity index (χ0v) is 11.7. The minimum atomic E-state index is -0.197. The van der Waals surface area contributed by atoms with E-state index in [0.29, 0.717) is 12.3 Å². The monoisotopic (exact) mass is 267 g/mol. The minimum Gasteiger partial charge on any atom is -0.392 e. The first kappa shape index (κ1) is 12.3. The number of benzene rings is 1. The molecule has 0 bridgehead atoms. The molecular formula is C18H21NO. The number of hydrogen-bond acceptors (Lipinski definition) is 2. The second kappa shape index (κ2) is 4.85. The van der Waals surface area contributed by atoms with Crippen LogP contribution < -0.4 is 0 Å². The maximum absolute atomic E-state index is 10.5. The third-order valence-electron chi connectivity index (χ3n) is 5.24. The lowest BCUT2D eigenvalue weighted by Crippen LogP contribution is -2.16. The average molecular weight is 267 g/mol. The molecule has 3 atom stereocenters. The fourth-order valence-corrected chi connectivity index (χ4v) is 4.19. The molecule has 2 fully saturated rings. The van der Waals surface area contributed by atoms with Crippen LogP contribution in [-0.4, -0.2) is 16.2 Å². The molecule has 104 valence electrons. The Morgan fingerprint density at radius 3 is 2.60 bits per heavy atom. The Balaban J connectivity index is 1.50. The Labute approximate surface area is 119 Å². The lowest BCUT2D eigenvalue weighted by Gasteiger charge is -2.10. The summed E-state index contributed by atoms with van der Waals surface area (Å²) in [6.45, 7) is 0. The van der Waals surface area contributed by atoms with Crippen molar-refractivity contribution in [2.24, 2.45) is 17.8 Å². The molecule has 2 aliphatic rings. The summed E-state index contributed by atoms with van der Waals surface area (Å²) in [6, 6.07) is 12.4. The molecule has 2 nitrogen and oxygen atoms in total. The molecule has 2 aromatic rings. The zero-order valence-electron chi connectivity index (χ0n) is 11.7. The largest absolute Gasteiger partial charge is 0.392 e. The van der Waals surface area contributed by atoms with Crippen LogP contribution in [0.4, 0.5) is 0 Å². The van der Waals surface area contributed by atoms with Crippen LogP contribution in [0.25, 0.3) is 10.9 Å². The van der Waals surface area contributed by atoms with E-state index in [1.54, 1.807) is 0 Å². The maximum Gasteiger partial charge on any atom is 0.0705 e. The molecule has 20 heavy (non-hydrogen) atoms. The van der Waals surface area contributed by atoms with Crippen LogP contribution >= 0.6 is 0 Å². The summed E-state index contributed by atoms with van der Waals surface area (Å²) < 4.78 is 0. The van der Waals surface area contributed by atoms with Gasteiger partial charge in [-0.05, 0) is 42.7 Å². The molecule has 0 aliphatic heterocycles. The van der Waals surface area contributed by atoms with Gasteiger partial charge in [0.05, 0.1) is 11.6 Å². The molecule has 1 aromatic carbocycles. The van der Waals surface area contributed by atoms with E-state index in [2.05, 4.69) is 23.2 Å². The second-order valence-electron chi connectivity index (χ2n) is 6.46. The van der Waals surface area contributed by atoms with Gasteiger partial charge in [-0.15, -0.1) is 0 Å². The molecule has 1 aromatic heterocycles. The molecule has 0 radical (unpaired) electrons. The van der Waals surface area contributed by atoms with Crippen molar-refractivity contribution in [3.05, 3.63) is 42.1 Å². The molecule has 0 saturated heterocycles. The standard InChI is InChI=1S/C18H21NO/c20-17(18-14-6-2-3-7-15(14)18)11-13-10-9-12-5-1-4-8-16(12)19-13/h1,4-5,8-10,14-15,17-18,20H,2-3,6-7,11H2. The summed E-state index contributed by atoms with van der Waals surface area (Å²) in [6.07, 6.45) is 5.89. The van der Waals surface area contributed by atoms with Gasteiger partial charge in [0, 0.05) is 17.5 Å². The Hall–Kier alpha value is -1.41. The van der Waals surface area contributed by atoms with Gasteiger partial charge in [-0.3, -0.25) is 4.98 Å². The normalized spacial score (nSPS) is 29.9. The highest BCUT2D eigenvalue weighted by atomic mass is 16.3. The van der Waals surface area contributed by atoms with E-state index in [1.807, 2.05) is 18.2 Å². The molecule has 1 N–H and O–H groups in total. The molecule has 2 heteroatoms. The highest BCUT2D eigenvalue weighted by Gasteiger charge is 2.53. The highest BCUT2D eigenvalue weighted by Crippen LogP contribution is 2.57. The van der Waals surface area contributed by atoms with Gasteiger partial charge in [-0.1, -0.05) is 37.1 Å². The summed E-state index contributed by atoms with van der Waals surface area (Å²) in [5.41, 5.74) is 2.06. The van der Waals surface area contributed by atoms with Crippen molar-refractivity contribution in [3.8, 4) is 0 Å². The smallest absolute Gasteiger partial charge is 0.0705 e. The topological polar surface area (TPSA) is 33.1 Å². The fourth-order valence-electron chi connectivity index (χ4n) is 4.19.